The fraction of sp³-hybridized carbons (Fsp3) is 1.00. The van der Waals surface area contributed by atoms with Gasteiger partial charge in [0, 0.05) is 11.8 Å². The van der Waals surface area contributed by atoms with Crippen LogP contribution in [0.3, 0.4) is 0 Å². The van der Waals surface area contributed by atoms with E-state index in [-0.39, 0.29) is 0 Å². The Kier molecular flexibility index (Phi) is 8.14. The van der Waals surface area contributed by atoms with Gasteiger partial charge in [-0.3, -0.25) is 0 Å². The molecular weight excluding hydrogens is 166 g/mol. The third kappa shape index (κ3) is 6.99. The maximum absolute atomic E-state index is 3.52. The molecule has 0 aromatic heterocycles. The van der Waals surface area contributed by atoms with Crippen LogP contribution in [-0.2, 0) is 0 Å². The molecule has 0 amide bonds. The van der Waals surface area contributed by atoms with Crippen LogP contribution in [0.15, 0.2) is 0 Å². The van der Waals surface area contributed by atoms with Crippen LogP contribution in [0.1, 0.15) is 40.5 Å². The van der Waals surface area contributed by atoms with Crippen molar-refractivity contribution in [3.63, 3.8) is 0 Å². The van der Waals surface area contributed by atoms with Gasteiger partial charge in [0.1, 0.15) is 0 Å². The number of rotatable bonds is 7. The summed E-state index contributed by atoms with van der Waals surface area (Å²) >= 11 is 2.06. The first-order valence-corrected chi connectivity index (χ1v) is 6.10. The van der Waals surface area contributed by atoms with Crippen molar-refractivity contribution in [2.45, 2.75) is 51.8 Å². The standard InChI is InChI=1S/C10H23NS/c1-5-7-10(11-6-2)8-12-9(3)4/h9-11H,5-8H2,1-4H3. The van der Waals surface area contributed by atoms with Crippen molar-refractivity contribution in [3.05, 3.63) is 0 Å². The van der Waals surface area contributed by atoms with Crippen molar-refractivity contribution in [2.75, 3.05) is 12.3 Å². The maximum atomic E-state index is 3.52. The molecule has 0 aliphatic heterocycles. The maximum Gasteiger partial charge on any atom is 0.0158 e. The molecule has 0 aliphatic carbocycles. The molecule has 0 aromatic carbocycles. The molecule has 12 heavy (non-hydrogen) atoms. The van der Waals surface area contributed by atoms with Gasteiger partial charge in [-0.1, -0.05) is 34.1 Å². The molecule has 0 aromatic rings. The van der Waals surface area contributed by atoms with Crippen LogP contribution >= 0.6 is 11.8 Å². The van der Waals surface area contributed by atoms with E-state index in [1.54, 1.807) is 0 Å². The van der Waals surface area contributed by atoms with Crippen LogP contribution in [0.2, 0.25) is 0 Å². The summed E-state index contributed by atoms with van der Waals surface area (Å²) in [4.78, 5) is 0. The van der Waals surface area contributed by atoms with E-state index in [1.165, 1.54) is 18.6 Å². The predicted octanol–water partition coefficient (Wildman–Crippen LogP) is 2.91. The third-order valence-corrected chi connectivity index (χ3v) is 3.02. The van der Waals surface area contributed by atoms with Gasteiger partial charge in [-0.15, -0.1) is 0 Å². The quantitative estimate of drug-likeness (QED) is 0.661. The van der Waals surface area contributed by atoms with Crippen molar-refractivity contribution in [1.82, 2.24) is 5.32 Å². The summed E-state index contributed by atoms with van der Waals surface area (Å²) in [6.07, 6.45) is 2.60. The van der Waals surface area contributed by atoms with E-state index in [2.05, 4.69) is 44.8 Å². The van der Waals surface area contributed by atoms with Gasteiger partial charge < -0.3 is 5.32 Å². The Morgan fingerprint density at radius 3 is 2.33 bits per heavy atom. The van der Waals surface area contributed by atoms with E-state index in [0.29, 0.717) is 0 Å². The summed E-state index contributed by atoms with van der Waals surface area (Å²) in [5.41, 5.74) is 0. The van der Waals surface area contributed by atoms with Gasteiger partial charge in [0.25, 0.3) is 0 Å². The highest BCUT2D eigenvalue weighted by molar-refractivity contribution is 7.99. The molecule has 0 radical (unpaired) electrons. The monoisotopic (exact) mass is 189 g/mol. The lowest BCUT2D eigenvalue weighted by atomic mass is 10.2. The van der Waals surface area contributed by atoms with Crippen molar-refractivity contribution >= 4 is 11.8 Å². The number of thioether (sulfide) groups is 1. The number of hydrogen-bond acceptors (Lipinski definition) is 2. The molecule has 0 bridgehead atoms. The molecule has 0 aliphatic rings. The average molecular weight is 189 g/mol. The van der Waals surface area contributed by atoms with Crippen LogP contribution in [0.4, 0.5) is 0 Å². The first kappa shape index (κ1) is 12.3. The lowest BCUT2D eigenvalue weighted by Gasteiger charge is -2.17. The summed E-state index contributed by atoms with van der Waals surface area (Å²) < 4.78 is 0. The second-order valence-corrected chi connectivity index (χ2v) is 5.03. The number of hydrogen-bond donors (Lipinski definition) is 1. The molecule has 74 valence electrons. The Morgan fingerprint density at radius 1 is 1.25 bits per heavy atom. The Balaban J connectivity index is 3.48. The topological polar surface area (TPSA) is 12.0 Å². The Labute approximate surface area is 81.7 Å². The van der Waals surface area contributed by atoms with Gasteiger partial charge in [0.05, 0.1) is 0 Å². The molecule has 1 unspecified atom stereocenters. The molecule has 2 heteroatoms. The SMILES string of the molecule is CCCC(CSC(C)C)NCC. The van der Waals surface area contributed by atoms with E-state index in [4.69, 9.17) is 0 Å². The van der Waals surface area contributed by atoms with Crippen LogP contribution < -0.4 is 5.32 Å². The molecular formula is C10H23NS. The summed E-state index contributed by atoms with van der Waals surface area (Å²) in [6.45, 7) is 10.1. The summed E-state index contributed by atoms with van der Waals surface area (Å²) in [6, 6.07) is 0.729. The first-order chi connectivity index (χ1) is 5.70. The minimum absolute atomic E-state index is 0.729. The second-order valence-electron chi connectivity index (χ2n) is 3.43. The van der Waals surface area contributed by atoms with Crippen LogP contribution in [0, 0.1) is 0 Å². The number of nitrogens with one attached hydrogen (secondary N) is 1. The molecule has 0 rings (SSSR count). The molecule has 0 spiro atoms. The molecule has 1 N–H and O–H groups in total. The van der Waals surface area contributed by atoms with Gasteiger partial charge in [-0.2, -0.15) is 11.8 Å². The van der Waals surface area contributed by atoms with Crippen molar-refractivity contribution in [1.29, 1.82) is 0 Å². The highest BCUT2D eigenvalue weighted by Gasteiger charge is 2.06. The van der Waals surface area contributed by atoms with E-state index < -0.39 is 0 Å². The van der Waals surface area contributed by atoms with Crippen LogP contribution in [-0.4, -0.2) is 23.6 Å². The Morgan fingerprint density at radius 2 is 1.92 bits per heavy atom. The van der Waals surface area contributed by atoms with Gasteiger partial charge in [0.15, 0.2) is 0 Å². The normalized spacial score (nSPS) is 13.8. The highest BCUT2D eigenvalue weighted by atomic mass is 32.2. The lowest BCUT2D eigenvalue weighted by molar-refractivity contribution is 0.531. The Bertz CT molecular complexity index is 87.8. The van der Waals surface area contributed by atoms with Crippen LogP contribution in [0.25, 0.3) is 0 Å². The minimum atomic E-state index is 0.729. The van der Waals surface area contributed by atoms with Gasteiger partial charge in [-0.25, -0.2) is 0 Å². The summed E-state index contributed by atoms with van der Waals surface area (Å²) in [5.74, 6) is 1.26. The van der Waals surface area contributed by atoms with E-state index in [0.717, 1.165) is 17.8 Å². The average Bonchev–Trinajstić information content (AvgIpc) is 2.01. The summed E-state index contributed by atoms with van der Waals surface area (Å²) in [7, 11) is 0. The molecule has 0 fully saturated rings. The zero-order valence-corrected chi connectivity index (χ0v) is 9.71. The van der Waals surface area contributed by atoms with E-state index in [9.17, 15) is 0 Å². The highest BCUT2D eigenvalue weighted by Crippen LogP contribution is 2.12. The lowest BCUT2D eigenvalue weighted by Crippen LogP contribution is -2.31. The predicted molar refractivity (Wildman–Crippen MR) is 60.0 cm³/mol. The first-order valence-electron chi connectivity index (χ1n) is 5.05. The van der Waals surface area contributed by atoms with Crippen molar-refractivity contribution in [3.8, 4) is 0 Å². The smallest absolute Gasteiger partial charge is 0.0158 e. The van der Waals surface area contributed by atoms with Gasteiger partial charge in [-0.05, 0) is 18.2 Å². The Hall–Kier alpha value is 0.310. The van der Waals surface area contributed by atoms with Gasteiger partial charge >= 0.3 is 0 Å². The van der Waals surface area contributed by atoms with E-state index in [1.807, 2.05) is 0 Å². The molecule has 0 saturated heterocycles. The summed E-state index contributed by atoms with van der Waals surface area (Å²) in [5, 5.41) is 4.28. The van der Waals surface area contributed by atoms with Crippen LogP contribution in [0.5, 0.6) is 0 Å². The molecule has 1 atom stereocenters. The fourth-order valence-electron chi connectivity index (χ4n) is 1.19. The third-order valence-electron chi connectivity index (χ3n) is 1.76. The largest absolute Gasteiger partial charge is 0.313 e. The zero-order valence-electron chi connectivity index (χ0n) is 8.89. The van der Waals surface area contributed by atoms with E-state index >= 15 is 0 Å². The fourth-order valence-corrected chi connectivity index (χ4v) is 2.09. The molecule has 0 saturated carbocycles. The molecule has 1 nitrogen and oxygen atoms in total. The molecule has 0 heterocycles. The van der Waals surface area contributed by atoms with Crippen molar-refractivity contribution < 1.29 is 0 Å². The minimum Gasteiger partial charge on any atom is -0.313 e. The van der Waals surface area contributed by atoms with Gasteiger partial charge in [0.2, 0.25) is 0 Å². The second kappa shape index (κ2) is 7.93. The zero-order chi connectivity index (χ0) is 9.40. The van der Waals surface area contributed by atoms with Crippen molar-refractivity contribution in [2.24, 2.45) is 0 Å².